The van der Waals surface area contributed by atoms with Crippen LogP contribution in [-0.2, 0) is 0 Å². The quantitative estimate of drug-likeness (QED) is 0.285. The van der Waals surface area contributed by atoms with E-state index < -0.39 is 0 Å². The van der Waals surface area contributed by atoms with E-state index in [1.165, 1.54) is 30.8 Å². The molecule has 2 N–H and O–H groups in total. The van der Waals surface area contributed by atoms with E-state index in [9.17, 15) is 0 Å². The van der Waals surface area contributed by atoms with Crippen LogP contribution in [0.25, 0.3) is 54.9 Å². The van der Waals surface area contributed by atoms with E-state index in [1.54, 1.807) is 17.5 Å². The van der Waals surface area contributed by atoms with Crippen LogP contribution < -0.4 is 4.74 Å². The highest BCUT2D eigenvalue weighted by molar-refractivity contribution is 7.13. The van der Waals surface area contributed by atoms with E-state index in [0.717, 1.165) is 62.3 Å². The first kappa shape index (κ1) is 22.1. The van der Waals surface area contributed by atoms with Crippen LogP contribution in [0, 0.1) is 0 Å². The topological polar surface area (TPSA) is 95.6 Å². The van der Waals surface area contributed by atoms with E-state index in [4.69, 9.17) is 4.74 Å². The molecule has 0 radical (unpaired) electrons. The third-order valence-corrected chi connectivity index (χ3v) is 7.83. The largest absolute Gasteiger partial charge is 0.491 e. The standard InChI is InChI=1S/C28H25N7OS/c1-2-6-35(5-1)7-8-36-20-10-18(13-29-15-20)19-11-22-27(33-34-28(22)31-14-19)24-12-21-23(26-4-3-9-37-26)16-30-17-25(21)32-24/h3-4,9-17,32H,1-2,5-8H2,(H,31,33,34). The third-order valence-electron chi connectivity index (χ3n) is 6.93. The minimum Gasteiger partial charge on any atom is -0.491 e. The molecule has 6 aromatic rings. The summed E-state index contributed by atoms with van der Waals surface area (Å²) in [7, 11) is 0. The Hall–Kier alpha value is -4.08. The molecule has 0 saturated carbocycles. The van der Waals surface area contributed by atoms with Crippen molar-refractivity contribution in [1.82, 2.24) is 35.0 Å². The van der Waals surface area contributed by atoms with Gasteiger partial charge in [-0.15, -0.1) is 11.3 Å². The summed E-state index contributed by atoms with van der Waals surface area (Å²) in [5, 5.41) is 11.8. The van der Waals surface area contributed by atoms with Gasteiger partial charge in [0.2, 0.25) is 0 Å². The molecule has 0 spiro atoms. The maximum atomic E-state index is 6.02. The number of hydrogen-bond donors (Lipinski definition) is 2. The van der Waals surface area contributed by atoms with Crippen LogP contribution in [0.3, 0.4) is 0 Å². The molecule has 6 aromatic heterocycles. The molecule has 0 amide bonds. The van der Waals surface area contributed by atoms with Gasteiger partial charge in [-0.05, 0) is 55.6 Å². The molecule has 184 valence electrons. The Kier molecular flexibility index (Phi) is 5.64. The number of aromatic amines is 2. The number of nitrogens with one attached hydrogen (secondary N) is 2. The summed E-state index contributed by atoms with van der Waals surface area (Å²) in [6, 6.07) is 10.5. The number of pyridine rings is 3. The number of fused-ring (bicyclic) bond motifs is 2. The highest BCUT2D eigenvalue weighted by atomic mass is 32.1. The van der Waals surface area contributed by atoms with Crippen molar-refractivity contribution in [2.75, 3.05) is 26.2 Å². The van der Waals surface area contributed by atoms with Crippen molar-refractivity contribution in [3.05, 3.63) is 66.7 Å². The number of hydrogen-bond acceptors (Lipinski definition) is 7. The Labute approximate surface area is 217 Å². The van der Waals surface area contributed by atoms with Gasteiger partial charge in [0.05, 0.1) is 23.6 Å². The number of aromatic nitrogens is 6. The molecule has 7 rings (SSSR count). The molecule has 1 aliphatic heterocycles. The first-order valence-corrected chi connectivity index (χ1v) is 13.4. The van der Waals surface area contributed by atoms with E-state index >= 15 is 0 Å². The first-order chi connectivity index (χ1) is 18.3. The summed E-state index contributed by atoms with van der Waals surface area (Å²) in [5.41, 5.74) is 6.49. The van der Waals surface area contributed by atoms with Crippen LogP contribution in [0.15, 0.2) is 66.7 Å². The average Bonchev–Trinajstić information content (AvgIpc) is 3.74. The van der Waals surface area contributed by atoms with Crippen LogP contribution in [0.4, 0.5) is 0 Å². The Morgan fingerprint density at radius 2 is 1.84 bits per heavy atom. The van der Waals surface area contributed by atoms with Gasteiger partial charge in [0, 0.05) is 57.5 Å². The molecule has 0 unspecified atom stereocenters. The Morgan fingerprint density at radius 1 is 0.946 bits per heavy atom. The van der Waals surface area contributed by atoms with Gasteiger partial charge >= 0.3 is 0 Å². The summed E-state index contributed by atoms with van der Waals surface area (Å²) in [6.07, 6.45) is 11.8. The lowest BCUT2D eigenvalue weighted by Crippen LogP contribution is -2.25. The molecule has 7 heterocycles. The second-order valence-electron chi connectivity index (χ2n) is 9.31. The van der Waals surface area contributed by atoms with Gasteiger partial charge in [-0.1, -0.05) is 6.07 Å². The van der Waals surface area contributed by atoms with Crippen molar-refractivity contribution < 1.29 is 4.74 Å². The van der Waals surface area contributed by atoms with Crippen LogP contribution in [-0.4, -0.2) is 61.3 Å². The summed E-state index contributed by atoms with van der Waals surface area (Å²) >= 11 is 1.71. The van der Waals surface area contributed by atoms with Crippen molar-refractivity contribution in [2.24, 2.45) is 0 Å². The lowest BCUT2D eigenvalue weighted by Gasteiger charge is -2.15. The highest BCUT2D eigenvalue weighted by Crippen LogP contribution is 2.35. The number of rotatable bonds is 7. The van der Waals surface area contributed by atoms with Crippen LogP contribution in [0.2, 0.25) is 0 Å². The lowest BCUT2D eigenvalue weighted by atomic mass is 10.1. The maximum Gasteiger partial charge on any atom is 0.155 e. The first-order valence-electron chi connectivity index (χ1n) is 12.5. The SMILES string of the molecule is c1csc(-c2cncc3[nH]c(-c4n[nH]c5ncc(-c6cncc(OCCN7CCCC7)c6)cc45)cc23)c1. The molecule has 0 atom stereocenters. The van der Waals surface area contributed by atoms with E-state index in [-0.39, 0.29) is 0 Å². The number of likely N-dealkylation sites (tertiary alicyclic amines) is 1. The molecule has 9 heteroatoms. The molecule has 37 heavy (non-hydrogen) atoms. The summed E-state index contributed by atoms with van der Waals surface area (Å²) in [6.45, 7) is 3.95. The lowest BCUT2D eigenvalue weighted by molar-refractivity contribution is 0.237. The highest BCUT2D eigenvalue weighted by Gasteiger charge is 2.16. The monoisotopic (exact) mass is 507 g/mol. The predicted molar refractivity (Wildman–Crippen MR) is 147 cm³/mol. The smallest absolute Gasteiger partial charge is 0.155 e. The van der Waals surface area contributed by atoms with Crippen molar-refractivity contribution in [3.63, 3.8) is 0 Å². The molecule has 0 aliphatic carbocycles. The van der Waals surface area contributed by atoms with Gasteiger partial charge in [0.25, 0.3) is 0 Å². The number of nitrogens with zero attached hydrogens (tertiary/aromatic N) is 5. The fraction of sp³-hybridized carbons (Fsp3) is 0.214. The fourth-order valence-electron chi connectivity index (χ4n) is 5.03. The summed E-state index contributed by atoms with van der Waals surface area (Å²) in [4.78, 5) is 20.6. The summed E-state index contributed by atoms with van der Waals surface area (Å²) in [5.74, 6) is 0.772. The minimum atomic E-state index is 0.664. The maximum absolute atomic E-state index is 6.02. The predicted octanol–water partition coefficient (Wildman–Crippen LogP) is 5.77. The fourth-order valence-corrected chi connectivity index (χ4v) is 5.78. The van der Waals surface area contributed by atoms with Gasteiger partial charge in [0.15, 0.2) is 5.65 Å². The number of H-pyrrole nitrogens is 2. The van der Waals surface area contributed by atoms with Crippen molar-refractivity contribution >= 4 is 33.3 Å². The van der Waals surface area contributed by atoms with Crippen LogP contribution in [0.5, 0.6) is 5.75 Å². The van der Waals surface area contributed by atoms with Gasteiger partial charge in [-0.3, -0.25) is 20.0 Å². The van der Waals surface area contributed by atoms with Crippen LogP contribution >= 0.6 is 11.3 Å². The van der Waals surface area contributed by atoms with E-state index in [0.29, 0.717) is 6.61 Å². The Bertz CT molecular complexity index is 1680. The average molecular weight is 508 g/mol. The third kappa shape index (κ3) is 4.26. The van der Waals surface area contributed by atoms with Gasteiger partial charge in [-0.25, -0.2) is 4.98 Å². The van der Waals surface area contributed by atoms with E-state index in [2.05, 4.69) is 64.7 Å². The molecular formula is C28H25N7OS. The molecule has 0 bridgehead atoms. The van der Waals surface area contributed by atoms with Gasteiger partial charge in [-0.2, -0.15) is 5.10 Å². The molecular weight excluding hydrogens is 482 g/mol. The Balaban J connectivity index is 1.20. The van der Waals surface area contributed by atoms with E-state index in [1.807, 2.05) is 30.9 Å². The zero-order valence-electron chi connectivity index (χ0n) is 20.1. The molecule has 1 fully saturated rings. The zero-order chi connectivity index (χ0) is 24.6. The van der Waals surface area contributed by atoms with Crippen molar-refractivity contribution in [1.29, 1.82) is 0 Å². The molecule has 8 nitrogen and oxygen atoms in total. The number of ether oxygens (including phenoxy) is 1. The Morgan fingerprint density at radius 3 is 2.73 bits per heavy atom. The normalized spacial score (nSPS) is 14.2. The van der Waals surface area contributed by atoms with Gasteiger partial charge in [0.1, 0.15) is 18.1 Å². The minimum absolute atomic E-state index is 0.664. The van der Waals surface area contributed by atoms with Gasteiger partial charge < -0.3 is 9.72 Å². The molecule has 1 saturated heterocycles. The summed E-state index contributed by atoms with van der Waals surface area (Å²) < 4.78 is 6.02. The number of thiophene rings is 1. The van der Waals surface area contributed by atoms with Crippen LogP contribution in [0.1, 0.15) is 12.8 Å². The van der Waals surface area contributed by atoms with Crippen molar-refractivity contribution in [2.45, 2.75) is 12.8 Å². The second-order valence-corrected chi connectivity index (χ2v) is 10.3. The molecule has 1 aliphatic rings. The zero-order valence-corrected chi connectivity index (χ0v) is 21.0. The molecule has 0 aromatic carbocycles. The van der Waals surface area contributed by atoms with Crippen molar-refractivity contribution in [3.8, 4) is 38.7 Å². The second kappa shape index (κ2) is 9.42.